The van der Waals surface area contributed by atoms with Crippen LogP contribution < -0.4 is 15.7 Å². The van der Waals surface area contributed by atoms with E-state index in [0.717, 1.165) is 18.2 Å². The van der Waals surface area contributed by atoms with Gasteiger partial charge in [0.2, 0.25) is 0 Å². The summed E-state index contributed by atoms with van der Waals surface area (Å²) in [6.07, 6.45) is -10.4. The molecule has 0 spiro atoms. The number of halogens is 6. The fourth-order valence-corrected chi connectivity index (χ4v) is 2.85. The summed E-state index contributed by atoms with van der Waals surface area (Å²) in [4.78, 5) is -1.31. The van der Waals surface area contributed by atoms with Crippen LogP contribution in [0.5, 0.6) is 5.75 Å². The average molecular weight is 400 g/mol. The molecule has 142 valence electrons. The summed E-state index contributed by atoms with van der Waals surface area (Å²) in [5.74, 6) is -0.428. The van der Waals surface area contributed by atoms with Crippen LogP contribution in [0.25, 0.3) is 0 Å². The van der Waals surface area contributed by atoms with E-state index in [-0.39, 0.29) is 29.6 Å². The zero-order valence-corrected chi connectivity index (χ0v) is 13.3. The van der Waals surface area contributed by atoms with E-state index in [2.05, 4.69) is 4.18 Å². The van der Waals surface area contributed by atoms with Gasteiger partial charge in [0.15, 0.2) is 0 Å². The van der Waals surface area contributed by atoms with Gasteiger partial charge < -0.3 is 15.7 Å². The highest BCUT2D eigenvalue weighted by atomic mass is 32.2. The maximum absolute atomic E-state index is 12.8. The molecule has 0 aliphatic carbocycles. The lowest BCUT2D eigenvalue weighted by atomic mass is 10.1. The molecule has 0 fully saturated rings. The van der Waals surface area contributed by atoms with Gasteiger partial charge in [-0.05, 0) is 30.3 Å². The van der Waals surface area contributed by atoms with Crippen molar-refractivity contribution < 1.29 is 38.9 Å². The second-order valence-corrected chi connectivity index (χ2v) is 6.62. The smallest absolute Gasteiger partial charge is 0.397 e. The van der Waals surface area contributed by atoms with Crippen LogP contribution in [0.3, 0.4) is 0 Å². The summed E-state index contributed by atoms with van der Waals surface area (Å²) >= 11 is 0. The van der Waals surface area contributed by atoms with Gasteiger partial charge in [-0.25, -0.2) is 0 Å². The van der Waals surface area contributed by atoms with E-state index in [1.807, 2.05) is 0 Å². The molecule has 2 aromatic rings. The van der Waals surface area contributed by atoms with Crippen LogP contribution in [-0.4, -0.2) is 8.42 Å². The molecule has 0 atom stereocenters. The predicted molar refractivity (Wildman–Crippen MR) is 79.5 cm³/mol. The lowest BCUT2D eigenvalue weighted by Gasteiger charge is -2.15. The SMILES string of the molecule is Nc1ccc(OS(=O)(=O)c2cc(C(F)(F)F)cc(C(F)(F)F)c2)cc1N. The number of rotatable bonds is 3. The largest absolute Gasteiger partial charge is 0.416 e. The molecule has 26 heavy (non-hydrogen) atoms. The molecule has 0 unspecified atom stereocenters. The van der Waals surface area contributed by atoms with Crippen LogP contribution >= 0.6 is 0 Å². The highest BCUT2D eigenvalue weighted by Gasteiger charge is 2.38. The van der Waals surface area contributed by atoms with Gasteiger partial charge in [-0.3, -0.25) is 0 Å². The second kappa shape index (κ2) is 6.27. The minimum absolute atomic E-state index is 0.0469. The Bertz CT molecular complexity index is 906. The molecule has 0 aliphatic rings. The van der Waals surface area contributed by atoms with Crippen LogP contribution in [0, 0.1) is 0 Å². The highest BCUT2D eigenvalue weighted by Crippen LogP contribution is 2.37. The van der Waals surface area contributed by atoms with Crippen LogP contribution in [0.2, 0.25) is 0 Å². The van der Waals surface area contributed by atoms with Gasteiger partial charge in [-0.15, -0.1) is 0 Å². The number of nitrogen functional groups attached to an aromatic ring is 2. The van der Waals surface area contributed by atoms with Gasteiger partial charge in [0, 0.05) is 6.07 Å². The average Bonchev–Trinajstić information content (AvgIpc) is 2.48. The van der Waals surface area contributed by atoms with Crippen LogP contribution in [0.1, 0.15) is 11.1 Å². The molecule has 2 aromatic carbocycles. The Kier molecular flexibility index (Phi) is 4.75. The summed E-state index contributed by atoms with van der Waals surface area (Å²) < 4.78 is 106. The number of hydrogen-bond donors (Lipinski definition) is 2. The van der Waals surface area contributed by atoms with E-state index in [9.17, 15) is 34.8 Å². The lowest BCUT2D eigenvalue weighted by Crippen LogP contribution is -2.16. The minimum atomic E-state index is -5.20. The molecule has 0 saturated carbocycles. The van der Waals surface area contributed by atoms with Crippen LogP contribution in [-0.2, 0) is 22.5 Å². The van der Waals surface area contributed by atoms with Gasteiger partial charge >= 0.3 is 22.5 Å². The van der Waals surface area contributed by atoms with Gasteiger partial charge in [0.05, 0.1) is 22.5 Å². The third-order valence-electron chi connectivity index (χ3n) is 3.11. The number of hydrogen-bond acceptors (Lipinski definition) is 5. The van der Waals surface area contributed by atoms with Crippen molar-refractivity contribution >= 4 is 21.5 Å². The molecule has 5 nitrogen and oxygen atoms in total. The molecule has 12 heteroatoms. The fourth-order valence-electron chi connectivity index (χ4n) is 1.85. The summed E-state index contributed by atoms with van der Waals surface area (Å²) in [5.41, 5.74) is 7.28. The van der Waals surface area contributed by atoms with Crippen molar-refractivity contribution in [1.29, 1.82) is 0 Å². The number of anilines is 2. The van der Waals surface area contributed by atoms with Gasteiger partial charge in [-0.1, -0.05) is 0 Å². The number of benzene rings is 2. The first-order chi connectivity index (χ1) is 11.7. The normalized spacial score (nSPS) is 12.8. The maximum atomic E-state index is 12.8. The zero-order chi connectivity index (χ0) is 19.9. The van der Waals surface area contributed by atoms with Crippen molar-refractivity contribution in [2.75, 3.05) is 11.5 Å². The molecule has 0 radical (unpaired) electrons. The van der Waals surface area contributed by atoms with E-state index in [1.165, 1.54) is 0 Å². The summed E-state index contributed by atoms with van der Waals surface area (Å²) in [6.45, 7) is 0. The van der Waals surface area contributed by atoms with Crippen molar-refractivity contribution in [3.63, 3.8) is 0 Å². The lowest BCUT2D eigenvalue weighted by molar-refractivity contribution is -0.143. The molecule has 0 saturated heterocycles. The fraction of sp³-hybridized carbons (Fsp3) is 0.143. The Hall–Kier alpha value is -2.63. The van der Waals surface area contributed by atoms with Gasteiger partial charge in [0.25, 0.3) is 0 Å². The molecule has 0 aliphatic heterocycles. The molecule has 0 bridgehead atoms. The summed E-state index contributed by atoms with van der Waals surface area (Å²) in [5, 5.41) is 0. The third-order valence-corrected chi connectivity index (χ3v) is 4.34. The zero-order valence-electron chi connectivity index (χ0n) is 12.5. The maximum Gasteiger partial charge on any atom is 0.416 e. The Morgan fingerprint density at radius 2 is 1.27 bits per heavy atom. The van der Waals surface area contributed by atoms with E-state index in [4.69, 9.17) is 11.5 Å². The van der Waals surface area contributed by atoms with Crippen molar-refractivity contribution in [1.82, 2.24) is 0 Å². The van der Waals surface area contributed by atoms with Crippen molar-refractivity contribution in [2.24, 2.45) is 0 Å². The van der Waals surface area contributed by atoms with Crippen LogP contribution in [0.15, 0.2) is 41.3 Å². The van der Waals surface area contributed by atoms with Crippen molar-refractivity contribution in [2.45, 2.75) is 17.2 Å². The molecular formula is C14H10F6N2O3S. The molecule has 0 heterocycles. The topological polar surface area (TPSA) is 95.4 Å². The number of alkyl halides is 6. The minimum Gasteiger partial charge on any atom is -0.397 e. The van der Waals surface area contributed by atoms with Crippen molar-refractivity contribution in [3.05, 3.63) is 47.5 Å². The van der Waals surface area contributed by atoms with E-state index >= 15 is 0 Å². The van der Waals surface area contributed by atoms with E-state index in [1.54, 1.807) is 0 Å². The molecular weight excluding hydrogens is 390 g/mol. The Morgan fingerprint density at radius 1 is 0.769 bits per heavy atom. The van der Waals surface area contributed by atoms with Gasteiger partial charge in [0.1, 0.15) is 10.6 Å². The first-order valence-corrected chi connectivity index (χ1v) is 8.00. The van der Waals surface area contributed by atoms with E-state index in [0.29, 0.717) is 0 Å². The first kappa shape index (κ1) is 19.7. The highest BCUT2D eigenvalue weighted by molar-refractivity contribution is 7.87. The second-order valence-electron chi connectivity index (χ2n) is 5.07. The first-order valence-electron chi connectivity index (χ1n) is 6.59. The quantitative estimate of drug-likeness (QED) is 0.466. The van der Waals surface area contributed by atoms with Gasteiger partial charge in [-0.2, -0.15) is 34.8 Å². The molecule has 0 aromatic heterocycles. The standard InChI is InChI=1S/C14H10F6N2O3S/c15-13(16,17)7-3-8(14(18,19)20)5-10(4-7)26(23,24)25-9-1-2-11(21)12(22)6-9/h1-6H,21-22H2. The molecule has 0 amide bonds. The van der Waals surface area contributed by atoms with E-state index < -0.39 is 44.2 Å². The molecule has 4 N–H and O–H groups in total. The number of nitrogens with two attached hydrogens (primary N) is 2. The third kappa shape index (κ3) is 4.31. The Morgan fingerprint density at radius 3 is 1.69 bits per heavy atom. The Labute approximate surface area is 143 Å². The summed E-state index contributed by atoms with van der Waals surface area (Å²) in [6, 6.07) is 3.07. The Balaban J connectivity index is 2.55. The van der Waals surface area contributed by atoms with Crippen LogP contribution in [0.4, 0.5) is 37.7 Å². The summed E-state index contributed by atoms with van der Waals surface area (Å²) in [7, 11) is -5.00. The molecule has 2 rings (SSSR count). The van der Waals surface area contributed by atoms with Crippen molar-refractivity contribution in [3.8, 4) is 5.75 Å². The monoisotopic (exact) mass is 400 g/mol. The predicted octanol–water partition coefficient (Wildman–Crippen LogP) is 3.66.